The van der Waals surface area contributed by atoms with E-state index < -0.39 is 6.10 Å². The molecule has 0 aliphatic rings. The molecule has 0 aliphatic carbocycles. The highest BCUT2D eigenvalue weighted by Gasteiger charge is 2.14. The minimum Gasteiger partial charge on any atom is -0.389 e. The number of nitrogens with zero attached hydrogens (tertiary/aromatic N) is 1. The molecule has 0 unspecified atom stereocenters. The smallest absolute Gasteiger partial charge is 0.123 e. The molecule has 0 saturated carbocycles. The van der Waals surface area contributed by atoms with Crippen molar-refractivity contribution in [2.24, 2.45) is 0 Å². The van der Waals surface area contributed by atoms with E-state index in [2.05, 4.69) is 42.9 Å². The van der Waals surface area contributed by atoms with Gasteiger partial charge in [-0.15, -0.1) is 6.42 Å². The van der Waals surface area contributed by atoms with Crippen molar-refractivity contribution in [3.8, 4) is 12.3 Å². The lowest BCUT2D eigenvalue weighted by Gasteiger charge is -2.26. The van der Waals surface area contributed by atoms with Gasteiger partial charge >= 0.3 is 0 Å². The minimum atomic E-state index is -0.644. The molecule has 0 amide bonds. The average molecular weight is 355 g/mol. The summed E-state index contributed by atoms with van der Waals surface area (Å²) in [5, 5.41) is 10.3. The largest absolute Gasteiger partial charge is 0.389 e. The van der Waals surface area contributed by atoms with Crippen molar-refractivity contribution in [2.45, 2.75) is 33.0 Å². The number of aliphatic hydroxyl groups is 1. The summed E-state index contributed by atoms with van der Waals surface area (Å²) in [6.45, 7) is 6.28. The van der Waals surface area contributed by atoms with Crippen molar-refractivity contribution in [3.63, 3.8) is 0 Å². The molecule has 2 rings (SSSR count). The first-order valence-electron chi connectivity index (χ1n) is 8.70. The molecule has 0 radical (unpaired) electrons. The highest BCUT2D eigenvalue weighted by atomic mass is 19.1. The van der Waals surface area contributed by atoms with E-state index in [1.807, 2.05) is 0 Å². The number of rotatable bonds is 9. The summed E-state index contributed by atoms with van der Waals surface area (Å²) < 4.78 is 18.4. The van der Waals surface area contributed by atoms with E-state index in [1.165, 1.54) is 28.8 Å². The van der Waals surface area contributed by atoms with Crippen LogP contribution in [0.3, 0.4) is 0 Å². The summed E-state index contributed by atoms with van der Waals surface area (Å²) in [6, 6.07) is 12.8. The van der Waals surface area contributed by atoms with Crippen molar-refractivity contribution in [3.05, 3.63) is 70.5 Å². The standard InChI is InChI=1S/C22H26FNO2/c1-4-11-26-16-22(25)15-24(13-19-6-9-21(23)10-7-19)14-20-8-5-17(2)12-18(20)3/h1,5-10,12,22,25H,11,13-16H2,2-3H3/t22-/m0/s1. The fraction of sp³-hybridized carbons (Fsp3) is 0.364. The molecule has 0 heterocycles. The minimum absolute atomic E-state index is 0.187. The SMILES string of the molecule is C#CCOC[C@@H](O)CN(Cc1ccc(F)cc1)Cc1ccc(C)cc1C. The molecule has 0 saturated heterocycles. The lowest BCUT2D eigenvalue weighted by Crippen LogP contribution is -2.34. The van der Waals surface area contributed by atoms with Gasteiger partial charge in [-0.3, -0.25) is 4.90 Å². The summed E-state index contributed by atoms with van der Waals surface area (Å²) in [7, 11) is 0. The second kappa shape index (κ2) is 10.1. The van der Waals surface area contributed by atoms with Crippen LogP contribution in [0.5, 0.6) is 0 Å². The van der Waals surface area contributed by atoms with Crippen molar-refractivity contribution >= 4 is 0 Å². The Morgan fingerprint density at radius 1 is 1.15 bits per heavy atom. The van der Waals surface area contributed by atoms with Crippen LogP contribution in [-0.2, 0) is 17.8 Å². The van der Waals surface area contributed by atoms with E-state index in [4.69, 9.17) is 11.2 Å². The van der Waals surface area contributed by atoms with E-state index in [0.29, 0.717) is 19.6 Å². The fourth-order valence-electron chi connectivity index (χ4n) is 2.90. The molecule has 3 nitrogen and oxygen atoms in total. The van der Waals surface area contributed by atoms with E-state index in [0.717, 1.165) is 5.56 Å². The zero-order chi connectivity index (χ0) is 18.9. The van der Waals surface area contributed by atoms with Gasteiger partial charge in [0.25, 0.3) is 0 Å². The molecule has 0 fully saturated rings. The van der Waals surface area contributed by atoms with E-state index in [-0.39, 0.29) is 19.0 Å². The van der Waals surface area contributed by atoms with Gasteiger partial charge in [0.1, 0.15) is 12.4 Å². The Morgan fingerprint density at radius 2 is 1.88 bits per heavy atom. The highest BCUT2D eigenvalue weighted by molar-refractivity contribution is 5.30. The van der Waals surface area contributed by atoms with Crippen molar-refractivity contribution < 1.29 is 14.2 Å². The predicted octanol–water partition coefficient (Wildman–Crippen LogP) is 3.46. The zero-order valence-corrected chi connectivity index (χ0v) is 15.4. The van der Waals surface area contributed by atoms with Gasteiger partial charge in [-0.1, -0.05) is 41.8 Å². The van der Waals surface area contributed by atoms with Gasteiger partial charge in [-0.2, -0.15) is 0 Å². The maximum Gasteiger partial charge on any atom is 0.123 e. The van der Waals surface area contributed by atoms with Crippen LogP contribution < -0.4 is 0 Å². The Morgan fingerprint density at radius 3 is 2.54 bits per heavy atom. The lowest BCUT2D eigenvalue weighted by molar-refractivity contribution is 0.0243. The maximum absolute atomic E-state index is 13.2. The molecule has 1 atom stereocenters. The summed E-state index contributed by atoms with van der Waals surface area (Å²) in [4.78, 5) is 2.13. The topological polar surface area (TPSA) is 32.7 Å². The number of ether oxygens (including phenoxy) is 1. The normalized spacial score (nSPS) is 12.2. The van der Waals surface area contributed by atoms with E-state index in [9.17, 15) is 9.50 Å². The van der Waals surface area contributed by atoms with Crippen LogP contribution in [0.4, 0.5) is 4.39 Å². The molecule has 138 valence electrons. The van der Waals surface area contributed by atoms with Crippen molar-refractivity contribution in [1.82, 2.24) is 4.90 Å². The summed E-state index contributed by atoms with van der Waals surface area (Å²) in [5.74, 6) is 2.14. The summed E-state index contributed by atoms with van der Waals surface area (Å²) in [5.41, 5.74) is 4.63. The summed E-state index contributed by atoms with van der Waals surface area (Å²) >= 11 is 0. The van der Waals surface area contributed by atoms with Crippen molar-refractivity contribution in [2.75, 3.05) is 19.8 Å². The Labute approximate surface area is 155 Å². The number of hydrogen-bond donors (Lipinski definition) is 1. The number of benzene rings is 2. The summed E-state index contributed by atoms with van der Waals surface area (Å²) in [6.07, 6.45) is 4.52. The molecule has 2 aromatic carbocycles. The number of aliphatic hydroxyl groups excluding tert-OH is 1. The second-order valence-electron chi connectivity index (χ2n) is 6.60. The molecule has 0 aromatic heterocycles. The molecule has 26 heavy (non-hydrogen) atoms. The first-order chi connectivity index (χ1) is 12.5. The van der Waals surface area contributed by atoms with Crippen molar-refractivity contribution in [1.29, 1.82) is 0 Å². The third kappa shape index (κ3) is 6.61. The van der Waals surface area contributed by atoms with Gasteiger partial charge in [0.15, 0.2) is 0 Å². The molecule has 0 aliphatic heterocycles. The van der Waals surface area contributed by atoms with Gasteiger partial charge in [0, 0.05) is 19.6 Å². The number of terminal acetylenes is 1. The molecule has 1 N–H and O–H groups in total. The first-order valence-corrected chi connectivity index (χ1v) is 8.70. The van der Waals surface area contributed by atoms with Crippen LogP contribution in [0.1, 0.15) is 22.3 Å². The Bertz CT molecular complexity index is 737. The Balaban J connectivity index is 2.09. The first kappa shape index (κ1) is 20.1. The zero-order valence-electron chi connectivity index (χ0n) is 15.4. The third-order valence-electron chi connectivity index (χ3n) is 4.18. The quantitative estimate of drug-likeness (QED) is 0.552. The number of halogens is 1. The van der Waals surface area contributed by atoms with Gasteiger partial charge in [0.2, 0.25) is 0 Å². The number of aryl methyl sites for hydroxylation is 2. The van der Waals surface area contributed by atoms with Crippen LogP contribution in [0.15, 0.2) is 42.5 Å². The lowest BCUT2D eigenvalue weighted by atomic mass is 10.0. The van der Waals surface area contributed by atoms with Crippen LogP contribution in [0.25, 0.3) is 0 Å². The Hall–Kier alpha value is -2.19. The predicted molar refractivity (Wildman–Crippen MR) is 102 cm³/mol. The van der Waals surface area contributed by atoms with Gasteiger partial charge in [-0.05, 0) is 42.7 Å². The molecule has 0 spiro atoms. The van der Waals surface area contributed by atoms with Gasteiger partial charge < -0.3 is 9.84 Å². The van der Waals surface area contributed by atoms with Crippen LogP contribution in [-0.4, -0.2) is 35.9 Å². The van der Waals surface area contributed by atoms with Crippen LogP contribution >= 0.6 is 0 Å². The van der Waals surface area contributed by atoms with Crippen LogP contribution in [0, 0.1) is 32.0 Å². The highest BCUT2D eigenvalue weighted by Crippen LogP contribution is 2.16. The monoisotopic (exact) mass is 355 g/mol. The number of hydrogen-bond acceptors (Lipinski definition) is 3. The van der Waals surface area contributed by atoms with Crippen LogP contribution in [0.2, 0.25) is 0 Å². The third-order valence-corrected chi connectivity index (χ3v) is 4.18. The Kier molecular flexibility index (Phi) is 7.80. The maximum atomic E-state index is 13.2. The average Bonchev–Trinajstić information content (AvgIpc) is 2.59. The molecule has 2 aromatic rings. The van der Waals surface area contributed by atoms with E-state index >= 15 is 0 Å². The molecular formula is C22H26FNO2. The van der Waals surface area contributed by atoms with E-state index in [1.54, 1.807) is 12.1 Å². The molecular weight excluding hydrogens is 329 g/mol. The molecule has 0 bridgehead atoms. The fourth-order valence-corrected chi connectivity index (χ4v) is 2.90. The van der Waals surface area contributed by atoms with Gasteiger partial charge in [-0.25, -0.2) is 4.39 Å². The van der Waals surface area contributed by atoms with Gasteiger partial charge in [0.05, 0.1) is 12.7 Å². The molecule has 4 heteroatoms. The second-order valence-corrected chi connectivity index (χ2v) is 6.60.